The topological polar surface area (TPSA) is 86.1 Å². The molecule has 0 atom stereocenters. The Hall–Kier alpha value is -2.61. The lowest BCUT2D eigenvalue weighted by atomic mass is 10.2. The second kappa shape index (κ2) is 8.39. The highest BCUT2D eigenvalue weighted by Crippen LogP contribution is 2.24. The van der Waals surface area contributed by atoms with Gasteiger partial charge in [0.05, 0.1) is 22.0 Å². The lowest BCUT2D eigenvalue weighted by Gasteiger charge is -2.12. The van der Waals surface area contributed by atoms with Crippen LogP contribution in [0.4, 0.5) is 5.69 Å². The maximum Gasteiger partial charge on any atom is 0.340 e. The van der Waals surface area contributed by atoms with Gasteiger partial charge in [-0.3, -0.25) is 4.79 Å². The Kier molecular flexibility index (Phi) is 5.95. The highest BCUT2D eigenvalue weighted by atomic mass is 35.5. The molecule has 3 aromatic rings. The lowest BCUT2D eigenvalue weighted by Crippen LogP contribution is -2.22. The molecule has 0 fully saturated rings. The molecule has 0 bridgehead atoms. The Labute approximate surface area is 168 Å². The Bertz CT molecular complexity index is 993. The molecule has 27 heavy (non-hydrogen) atoms. The van der Waals surface area contributed by atoms with Gasteiger partial charge in [-0.1, -0.05) is 34.8 Å². The number of nitrogens with one attached hydrogen (secondary N) is 1. The van der Waals surface area contributed by atoms with Crippen molar-refractivity contribution in [3.8, 4) is 5.69 Å². The number of hydrogen-bond donors (Lipinski definition) is 1. The minimum Gasteiger partial charge on any atom is -0.452 e. The predicted octanol–water partition coefficient (Wildman–Crippen LogP) is 4.02. The highest BCUT2D eigenvalue weighted by molar-refractivity contribution is 6.36. The van der Waals surface area contributed by atoms with Crippen molar-refractivity contribution in [3.63, 3.8) is 0 Å². The smallest absolute Gasteiger partial charge is 0.340 e. The summed E-state index contributed by atoms with van der Waals surface area (Å²) in [5.41, 5.74) is 1.05. The number of anilines is 1. The first kappa shape index (κ1) is 19.2. The molecule has 0 saturated carbocycles. The highest BCUT2D eigenvalue weighted by Gasteiger charge is 2.15. The minimum absolute atomic E-state index is 0.111. The molecule has 138 valence electrons. The average Bonchev–Trinajstić information content (AvgIpc) is 3.14. The van der Waals surface area contributed by atoms with Gasteiger partial charge in [0.15, 0.2) is 6.61 Å². The largest absolute Gasteiger partial charge is 0.452 e. The van der Waals surface area contributed by atoms with E-state index < -0.39 is 18.5 Å². The summed E-state index contributed by atoms with van der Waals surface area (Å²) >= 11 is 17.7. The summed E-state index contributed by atoms with van der Waals surface area (Å²) in [5.74, 6) is -1.30. The number of halogens is 3. The van der Waals surface area contributed by atoms with Crippen molar-refractivity contribution < 1.29 is 14.3 Å². The van der Waals surface area contributed by atoms with Crippen LogP contribution >= 0.6 is 34.8 Å². The van der Waals surface area contributed by atoms with Crippen molar-refractivity contribution in [2.75, 3.05) is 11.9 Å². The van der Waals surface area contributed by atoms with E-state index in [1.165, 1.54) is 35.5 Å². The van der Waals surface area contributed by atoms with Gasteiger partial charge in [-0.2, -0.15) is 5.10 Å². The van der Waals surface area contributed by atoms with Gasteiger partial charge < -0.3 is 10.1 Å². The minimum atomic E-state index is -0.741. The maximum absolute atomic E-state index is 12.2. The standard InChI is InChI=1S/C17H11Cl3N4O3/c18-10-1-3-12(13(20)5-10)17(26)27-7-16(25)23-14-6-11(19)2-4-15(14)24-9-21-8-22-24/h1-6,8-9H,7H2,(H,23,25). The van der Waals surface area contributed by atoms with Crippen molar-refractivity contribution in [1.29, 1.82) is 0 Å². The van der Waals surface area contributed by atoms with Crippen molar-refractivity contribution >= 4 is 52.4 Å². The molecule has 7 nitrogen and oxygen atoms in total. The summed E-state index contributed by atoms with van der Waals surface area (Å²) in [6.07, 6.45) is 2.83. The number of carbonyl (C=O) groups is 2. The lowest BCUT2D eigenvalue weighted by molar-refractivity contribution is -0.119. The molecule has 0 unspecified atom stereocenters. The molecule has 0 saturated heterocycles. The SMILES string of the molecule is O=C(COC(=O)c1ccc(Cl)cc1Cl)Nc1cc(Cl)ccc1-n1cncn1. The normalized spacial score (nSPS) is 10.5. The van der Waals surface area contributed by atoms with Gasteiger partial charge in [0.1, 0.15) is 12.7 Å². The molecule has 0 aliphatic heterocycles. The van der Waals surface area contributed by atoms with Crippen molar-refractivity contribution in [3.05, 3.63) is 69.7 Å². The summed E-state index contributed by atoms with van der Waals surface area (Å²) in [4.78, 5) is 28.1. The van der Waals surface area contributed by atoms with Gasteiger partial charge in [-0.15, -0.1) is 0 Å². The van der Waals surface area contributed by atoms with Crippen LogP contribution < -0.4 is 5.32 Å². The van der Waals surface area contributed by atoms with Crippen LogP contribution in [-0.4, -0.2) is 33.2 Å². The summed E-state index contributed by atoms with van der Waals surface area (Å²) in [5, 5.41) is 7.58. The summed E-state index contributed by atoms with van der Waals surface area (Å²) in [6, 6.07) is 9.21. The van der Waals surface area contributed by atoms with Crippen LogP contribution in [0.1, 0.15) is 10.4 Å². The van der Waals surface area contributed by atoms with E-state index >= 15 is 0 Å². The quantitative estimate of drug-likeness (QED) is 0.624. The summed E-state index contributed by atoms with van der Waals surface area (Å²) < 4.78 is 6.46. The average molecular weight is 426 g/mol. The van der Waals surface area contributed by atoms with E-state index in [2.05, 4.69) is 15.4 Å². The third-order valence-electron chi connectivity index (χ3n) is 3.38. The van der Waals surface area contributed by atoms with Crippen LogP contribution in [0.25, 0.3) is 5.69 Å². The van der Waals surface area contributed by atoms with E-state index in [4.69, 9.17) is 39.5 Å². The third kappa shape index (κ3) is 4.77. The van der Waals surface area contributed by atoms with Crippen molar-refractivity contribution in [2.45, 2.75) is 0 Å². The number of rotatable bonds is 5. The van der Waals surface area contributed by atoms with Crippen molar-refractivity contribution in [2.24, 2.45) is 0 Å². The molecular formula is C17H11Cl3N4O3. The molecule has 1 N–H and O–H groups in total. The number of ether oxygens (including phenoxy) is 1. The number of nitrogens with zero attached hydrogens (tertiary/aromatic N) is 3. The van der Waals surface area contributed by atoms with Crippen LogP contribution in [0.3, 0.4) is 0 Å². The molecule has 2 aromatic carbocycles. The number of esters is 1. The van der Waals surface area contributed by atoms with Crippen LogP contribution in [0.5, 0.6) is 0 Å². The molecule has 10 heteroatoms. The monoisotopic (exact) mass is 424 g/mol. The maximum atomic E-state index is 12.2. The van der Waals surface area contributed by atoms with Gasteiger partial charge >= 0.3 is 5.97 Å². The number of benzene rings is 2. The summed E-state index contributed by atoms with van der Waals surface area (Å²) in [6.45, 7) is -0.513. The molecule has 0 aliphatic rings. The van der Waals surface area contributed by atoms with E-state index in [0.29, 0.717) is 21.4 Å². The third-order valence-corrected chi connectivity index (χ3v) is 4.17. The van der Waals surface area contributed by atoms with Crippen LogP contribution in [-0.2, 0) is 9.53 Å². The van der Waals surface area contributed by atoms with Gasteiger partial charge in [0, 0.05) is 10.0 Å². The molecule has 0 radical (unpaired) electrons. The Morgan fingerprint density at radius 3 is 2.52 bits per heavy atom. The molecule has 1 heterocycles. The van der Waals surface area contributed by atoms with E-state index in [9.17, 15) is 9.59 Å². The Balaban J connectivity index is 1.68. The molecule has 1 amide bonds. The first-order valence-electron chi connectivity index (χ1n) is 7.50. The number of amides is 1. The predicted molar refractivity (Wildman–Crippen MR) is 102 cm³/mol. The zero-order valence-corrected chi connectivity index (χ0v) is 15.8. The summed E-state index contributed by atoms with van der Waals surface area (Å²) in [7, 11) is 0. The molecule has 3 rings (SSSR count). The fourth-order valence-corrected chi connectivity index (χ4v) is 2.85. The molecular weight excluding hydrogens is 415 g/mol. The second-order valence-electron chi connectivity index (χ2n) is 5.25. The van der Waals surface area contributed by atoms with E-state index in [0.717, 1.165) is 0 Å². The second-order valence-corrected chi connectivity index (χ2v) is 6.53. The van der Waals surface area contributed by atoms with E-state index in [1.54, 1.807) is 18.2 Å². The first-order chi connectivity index (χ1) is 12.9. The number of hydrogen-bond acceptors (Lipinski definition) is 5. The first-order valence-corrected chi connectivity index (χ1v) is 8.64. The van der Waals surface area contributed by atoms with E-state index in [-0.39, 0.29) is 10.6 Å². The van der Waals surface area contributed by atoms with Gasteiger partial charge in [-0.25, -0.2) is 14.5 Å². The number of aromatic nitrogens is 3. The Morgan fingerprint density at radius 2 is 1.81 bits per heavy atom. The van der Waals surface area contributed by atoms with Crippen LogP contribution in [0.2, 0.25) is 15.1 Å². The van der Waals surface area contributed by atoms with Crippen molar-refractivity contribution in [1.82, 2.24) is 14.8 Å². The zero-order chi connectivity index (χ0) is 19.4. The molecule has 0 aliphatic carbocycles. The fraction of sp³-hybridized carbons (Fsp3) is 0.0588. The Morgan fingerprint density at radius 1 is 1.07 bits per heavy atom. The van der Waals surface area contributed by atoms with E-state index in [1.807, 2.05) is 0 Å². The van der Waals surface area contributed by atoms with Crippen LogP contribution in [0.15, 0.2) is 49.1 Å². The van der Waals surface area contributed by atoms with Crippen LogP contribution in [0, 0.1) is 0 Å². The molecule has 1 aromatic heterocycles. The number of carbonyl (C=O) groups excluding carboxylic acids is 2. The zero-order valence-electron chi connectivity index (χ0n) is 13.5. The van der Waals surface area contributed by atoms with Gasteiger partial charge in [0.25, 0.3) is 5.91 Å². The van der Waals surface area contributed by atoms with Gasteiger partial charge in [-0.05, 0) is 36.4 Å². The van der Waals surface area contributed by atoms with Gasteiger partial charge in [0.2, 0.25) is 0 Å². The fourth-order valence-electron chi connectivity index (χ4n) is 2.19. The molecule has 0 spiro atoms.